The van der Waals surface area contributed by atoms with Gasteiger partial charge in [-0.3, -0.25) is 0 Å². The second kappa shape index (κ2) is 5.44. The molecule has 78 valence electrons. The van der Waals surface area contributed by atoms with E-state index in [1.54, 1.807) is 19.2 Å². The first-order valence-electron chi connectivity index (χ1n) is 4.43. The molecule has 14 heavy (non-hydrogen) atoms. The monoisotopic (exact) mass is 199 g/mol. The Balaban J connectivity index is 2.68. The van der Waals surface area contributed by atoms with Crippen LogP contribution in [0.1, 0.15) is 6.92 Å². The summed E-state index contributed by atoms with van der Waals surface area (Å²) in [5.74, 6) is -0.0941. The fourth-order valence-electron chi connectivity index (χ4n) is 1.04. The molecule has 0 aliphatic heterocycles. The molecule has 4 heteroatoms. The first kappa shape index (κ1) is 10.8. The zero-order valence-corrected chi connectivity index (χ0v) is 8.34. The maximum absolute atomic E-state index is 13.3. The first-order chi connectivity index (χ1) is 6.77. The lowest BCUT2D eigenvalue weighted by Gasteiger charge is -2.08. The fourth-order valence-corrected chi connectivity index (χ4v) is 1.04. The van der Waals surface area contributed by atoms with Crippen molar-refractivity contribution in [2.75, 3.05) is 25.8 Å². The Morgan fingerprint density at radius 2 is 2.21 bits per heavy atom. The summed E-state index contributed by atoms with van der Waals surface area (Å²) in [5, 5.41) is 2.89. The second-order valence-corrected chi connectivity index (χ2v) is 2.69. The predicted octanol–water partition coefficient (Wildman–Crippen LogP) is 2.24. The predicted molar refractivity (Wildman–Crippen MR) is 53.1 cm³/mol. The highest BCUT2D eigenvalue weighted by atomic mass is 19.1. The van der Waals surface area contributed by atoms with Crippen LogP contribution >= 0.6 is 0 Å². The van der Waals surface area contributed by atoms with Gasteiger partial charge in [-0.25, -0.2) is 4.39 Å². The van der Waals surface area contributed by atoms with Gasteiger partial charge in [-0.05, 0) is 19.1 Å². The van der Waals surface area contributed by atoms with Crippen molar-refractivity contribution in [1.82, 2.24) is 0 Å². The number of rotatable bonds is 5. The lowest BCUT2D eigenvalue weighted by atomic mass is 10.3. The smallest absolute Gasteiger partial charge is 0.167 e. The Morgan fingerprint density at radius 1 is 1.43 bits per heavy atom. The minimum Gasteiger partial charge on any atom is -0.491 e. The zero-order chi connectivity index (χ0) is 10.4. The summed E-state index contributed by atoms with van der Waals surface area (Å²) in [5.41, 5.74) is 0.674. The lowest BCUT2D eigenvalue weighted by Crippen LogP contribution is -2.03. The van der Waals surface area contributed by atoms with Crippen molar-refractivity contribution in [1.29, 1.82) is 0 Å². The molecule has 0 spiro atoms. The molecule has 0 unspecified atom stereocenters. The molecule has 3 nitrogen and oxygen atoms in total. The van der Waals surface area contributed by atoms with Crippen LogP contribution in [0.25, 0.3) is 0 Å². The molecular formula is C10H14FNO2. The number of halogens is 1. The molecule has 0 aliphatic carbocycles. The van der Waals surface area contributed by atoms with Gasteiger partial charge in [-0.1, -0.05) is 0 Å². The summed E-state index contributed by atoms with van der Waals surface area (Å²) in [6.07, 6.45) is 0. The summed E-state index contributed by atoms with van der Waals surface area (Å²) >= 11 is 0. The number of benzene rings is 1. The Hall–Kier alpha value is -1.29. The van der Waals surface area contributed by atoms with Crippen LogP contribution in [-0.4, -0.2) is 20.4 Å². The molecule has 0 aliphatic rings. The van der Waals surface area contributed by atoms with E-state index in [9.17, 15) is 4.39 Å². The first-order valence-corrected chi connectivity index (χ1v) is 4.43. The summed E-state index contributed by atoms with van der Waals surface area (Å²) in [7, 11) is 1.57. The molecule has 0 amide bonds. The van der Waals surface area contributed by atoms with Gasteiger partial charge >= 0.3 is 0 Å². The van der Waals surface area contributed by atoms with Gasteiger partial charge in [-0.2, -0.15) is 0 Å². The zero-order valence-electron chi connectivity index (χ0n) is 8.34. The third kappa shape index (κ3) is 2.88. The summed E-state index contributed by atoms with van der Waals surface area (Å²) in [6.45, 7) is 2.63. The maximum atomic E-state index is 13.3. The number of nitrogens with one attached hydrogen (secondary N) is 1. The van der Waals surface area contributed by atoms with Crippen LogP contribution < -0.4 is 10.1 Å². The molecule has 1 N–H and O–H groups in total. The van der Waals surface area contributed by atoms with Crippen molar-refractivity contribution in [3.8, 4) is 5.75 Å². The van der Waals surface area contributed by atoms with Crippen LogP contribution in [0.3, 0.4) is 0 Å². The average Bonchev–Trinajstić information content (AvgIpc) is 2.19. The van der Waals surface area contributed by atoms with Gasteiger partial charge in [0.2, 0.25) is 0 Å². The van der Waals surface area contributed by atoms with E-state index in [-0.39, 0.29) is 11.6 Å². The third-order valence-electron chi connectivity index (χ3n) is 1.65. The Kier molecular flexibility index (Phi) is 4.19. The topological polar surface area (TPSA) is 30.5 Å². The number of hydrogen-bond donors (Lipinski definition) is 1. The van der Waals surface area contributed by atoms with E-state index in [0.29, 0.717) is 19.0 Å². The molecule has 0 aromatic heterocycles. The minimum atomic E-state index is -0.368. The van der Waals surface area contributed by atoms with Crippen molar-refractivity contribution in [2.45, 2.75) is 6.92 Å². The molecule has 0 saturated carbocycles. The van der Waals surface area contributed by atoms with Gasteiger partial charge in [-0.15, -0.1) is 0 Å². The van der Waals surface area contributed by atoms with Crippen LogP contribution in [0, 0.1) is 5.82 Å². The van der Waals surface area contributed by atoms with Crippen LogP contribution in [0.4, 0.5) is 10.1 Å². The van der Waals surface area contributed by atoms with Crippen molar-refractivity contribution in [3.63, 3.8) is 0 Å². The Bertz CT molecular complexity index is 291. The fraction of sp³-hybridized carbons (Fsp3) is 0.400. The van der Waals surface area contributed by atoms with E-state index >= 15 is 0 Å². The number of ether oxygens (including phenoxy) is 2. The molecule has 1 aromatic carbocycles. The summed E-state index contributed by atoms with van der Waals surface area (Å²) in [6, 6.07) is 4.72. The van der Waals surface area contributed by atoms with Gasteiger partial charge in [0.1, 0.15) is 6.73 Å². The van der Waals surface area contributed by atoms with Crippen molar-refractivity contribution >= 4 is 5.69 Å². The second-order valence-electron chi connectivity index (χ2n) is 2.69. The molecular weight excluding hydrogens is 185 g/mol. The van der Waals surface area contributed by atoms with Crippen molar-refractivity contribution < 1.29 is 13.9 Å². The molecule has 0 bridgehead atoms. The van der Waals surface area contributed by atoms with Gasteiger partial charge in [0.15, 0.2) is 11.6 Å². The maximum Gasteiger partial charge on any atom is 0.167 e. The quantitative estimate of drug-likeness (QED) is 0.738. The van der Waals surface area contributed by atoms with Crippen LogP contribution in [0.5, 0.6) is 5.75 Å². The highest BCUT2D eigenvalue weighted by molar-refractivity contribution is 5.46. The average molecular weight is 199 g/mol. The third-order valence-corrected chi connectivity index (χ3v) is 1.65. The SMILES string of the molecule is CCOc1ccc(NCOC)cc1F. The van der Waals surface area contributed by atoms with Gasteiger partial charge < -0.3 is 14.8 Å². The van der Waals surface area contributed by atoms with Gasteiger partial charge in [0.05, 0.1) is 6.61 Å². The molecule has 0 saturated heterocycles. The lowest BCUT2D eigenvalue weighted by molar-refractivity contribution is 0.221. The van der Waals surface area contributed by atoms with E-state index in [0.717, 1.165) is 0 Å². The standard InChI is InChI=1S/C10H14FNO2/c1-3-14-10-5-4-8(6-9(10)11)12-7-13-2/h4-6,12H,3,7H2,1-2H3. The summed E-state index contributed by atoms with van der Waals surface area (Å²) < 4.78 is 23.1. The Labute approximate surface area is 82.8 Å². The molecule has 0 radical (unpaired) electrons. The highest BCUT2D eigenvalue weighted by Crippen LogP contribution is 2.20. The van der Waals surface area contributed by atoms with E-state index in [1.165, 1.54) is 6.07 Å². The molecule has 0 fully saturated rings. The van der Waals surface area contributed by atoms with E-state index in [4.69, 9.17) is 9.47 Å². The van der Waals surface area contributed by atoms with E-state index in [1.807, 2.05) is 6.92 Å². The number of hydrogen-bond acceptors (Lipinski definition) is 3. The molecule has 1 rings (SSSR count). The summed E-state index contributed by atoms with van der Waals surface area (Å²) in [4.78, 5) is 0. The van der Waals surface area contributed by atoms with Crippen LogP contribution in [-0.2, 0) is 4.74 Å². The number of anilines is 1. The van der Waals surface area contributed by atoms with Crippen LogP contribution in [0.15, 0.2) is 18.2 Å². The van der Waals surface area contributed by atoms with Crippen molar-refractivity contribution in [2.24, 2.45) is 0 Å². The number of methoxy groups -OCH3 is 1. The van der Waals surface area contributed by atoms with Crippen molar-refractivity contribution in [3.05, 3.63) is 24.0 Å². The van der Waals surface area contributed by atoms with Gasteiger partial charge in [0.25, 0.3) is 0 Å². The molecule has 1 aromatic rings. The van der Waals surface area contributed by atoms with Gasteiger partial charge in [0, 0.05) is 18.9 Å². The highest BCUT2D eigenvalue weighted by Gasteiger charge is 2.03. The Morgan fingerprint density at radius 3 is 2.79 bits per heavy atom. The molecule has 0 atom stereocenters. The van der Waals surface area contributed by atoms with E-state index < -0.39 is 0 Å². The largest absolute Gasteiger partial charge is 0.491 e. The molecule has 0 heterocycles. The van der Waals surface area contributed by atoms with Crippen LogP contribution in [0.2, 0.25) is 0 Å². The minimum absolute atomic E-state index is 0.274. The normalized spacial score (nSPS) is 9.93. The van der Waals surface area contributed by atoms with E-state index in [2.05, 4.69) is 5.32 Å².